The summed E-state index contributed by atoms with van der Waals surface area (Å²) in [4.78, 5) is 11.0. The Bertz CT molecular complexity index is 375. The SMILES string of the molecule is C=CC(=O)Nc1ccc(O)c(CNC)c1. The number of rotatable bonds is 4. The maximum Gasteiger partial charge on any atom is 0.247 e. The highest BCUT2D eigenvalue weighted by atomic mass is 16.3. The number of carbonyl (C=O) groups is 1. The lowest BCUT2D eigenvalue weighted by Gasteiger charge is -2.07. The lowest BCUT2D eigenvalue weighted by atomic mass is 10.1. The number of anilines is 1. The first-order chi connectivity index (χ1) is 7.17. The van der Waals surface area contributed by atoms with E-state index in [4.69, 9.17) is 0 Å². The van der Waals surface area contributed by atoms with Gasteiger partial charge in [-0.1, -0.05) is 6.58 Å². The zero-order valence-corrected chi connectivity index (χ0v) is 8.58. The number of phenolic OH excluding ortho intramolecular Hbond substituents is 1. The van der Waals surface area contributed by atoms with Crippen LogP contribution in [0.4, 0.5) is 5.69 Å². The molecular weight excluding hydrogens is 192 g/mol. The molecule has 0 saturated carbocycles. The van der Waals surface area contributed by atoms with Gasteiger partial charge in [0.2, 0.25) is 5.91 Å². The van der Waals surface area contributed by atoms with Crippen LogP contribution in [-0.4, -0.2) is 18.1 Å². The number of benzene rings is 1. The highest BCUT2D eigenvalue weighted by molar-refractivity contribution is 5.98. The van der Waals surface area contributed by atoms with E-state index in [-0.39, 0.29) is 11.7 Å². The van der Waals surface area contributed by atoms with Gasteiger partial charge in [-0.25, -0.2) is 0 Å². The minimum atomic E-state index is -0.268. The topological polar surface area (TPSA) is 61.4 Å². The van der Waals surface area contributed by atoms with E-state index in [1.165, 1.54) is 6.08 Å². The van der Waals surface area contributed by atoms with Crippen molar-refractivity contribution < 1.29 is 9.90 Å². The standard InChI is InChI=1S/C11H14N2O2/c1-3-11(15)13-9-4-5-10(14)8(6-9)7-12-2/h3-6,12,14H,1,7H2,2H3,(H,13,15). The Kier molecular flexibility index (Phi) is 3.88. The van der Waals surface area contributed by atoms with Crippen LogP contribution < -0.4 is 10.6 Å². The molecule has 1 aromatic carbocycles. The molecular formula is C11H14N2O2. The Morgan fingerprint density at radius 3 is 2.93 bits per heavy atom. The van der Waals surface area contributed by atoms with Crippen molar-refractivity contribution in [1.82, 2.24) is 5.32 Å². The van der Waals surface area contributed by atoms with E-state index in [0.717, 1.165) is 5.56 Å². The molecule has 0 saturated heterocycles. The summed E-state index contributed by atoms with van der Waals surface area (Å²) in [5.41, 5.74) is 1.38. The minimum Gasteiger partial charge on any atom is -0.508 e. The molecule has 0 heterocycles. The van der Waals surface area contributed by atoms with E-state index in [1.54, 1.807) is 25.2 Å². The Morgan fingerprint density at radius 1 is 1.60 bits per heavy atom. The van der Waals surface area contributed by atoms with Gasteiger partial charge in [-0.2, -0.15) is 0 Å². The molecule has 0 aliphatic carbocycles. The Hall–Kier alpha value is -1.81. The maximum absolute atomic E-state index is 11.0. The first kappa shape index (κ1) is 11.3. The van der Waals surface area contributed by atoms with Crippen molar-refractivity contribution >= 4 is 11.6 Å². The number of nitrogens with one attached hydrogen (secondary N) is 2. The third kappa shape index (κ3) is 3.11. The first-order valence-corrected chi connectivity index (χ1v) is 4.57. The van der Waals surface area contributed by atoms with E-state index in [1.807, 2.05) is 0 Å². The summed E-state index contributed by atoms with van der Waals surface area (Å²) in [6, 6.07) is 4.90. The molecule has 0 aliphatic rings. The number of carbonyl (C=O) groups excluding carboxylic acids is 1. The molecule has 80 valence electrons. The third-order valence-electron chi connectivity index (χ3n) is 1.90. The van der Waals surface area contributed by atoms with Crippen molar-refractivity contribution in [3.05, 3.63) is 36.4 Å². The van der Waals surface area contributed by atoms with Gasteiger partial charge in [0.05, 0.1) is 0 Å². The number of hydrogen-bond donors (Lipinski definition) is 3. The predicted molar refractivity (Wildman–Crippen MR) is 59.7 cm³/mol. The van der Waals surface area contributed by atoms with E-state index in [0.29, 0.717) is 12.2 Å². The Labute approximate surface area is 88.6 Å². The first-order valence-electron chi connectivity index (χ1n) is 4.57. The van der Waals surface area contributed by atoms with E-state index in [9.17, 15) is 9.90 Å². The van der Waals surface area contributed by atoms with Crippen LogP contribution in [0.15, 0.2) is 30.9 Å². The van der Waals surface area contributed by atoms with Crippen LogP contribution in [0.25, 0.3) is 0 Å². The molecule has 1 aromatic rings. The fourth-order valence-electron chi connectivity index (χ4n) is 1.19. The van der Waals surface area contributed by atoms with Gasteiger partial charge in [-0.05, 0) is 31.3 Å². The summed E-state index contributed by atoms with van der Waals surface area (Å²) in [5.74, 6) is -0.0583. The van der Waals surface area contributed by atoms with Gasteiger partial charge in [0.1, 0.15) is 5.75 Å². The van der Waals surface area contributed by atoms with Crippen LogP contribution in [0.3, 0.4) is 0 Å². The molecule has 3 N–H and O–H groups in total. The molecule has 0 bridgehead atoms. The Balaban J connectivity index is 2.86. The summed E-state index contributed by atoms with van der Waals surface area (Å²) in [6.45, 7) is 3.90. The molecule has 15 heavy (non-hydrogen) atoms. The van der Waals surface area contributed by atoms with Crippen LogP contribution in [0.2, 0.25) is 0 Å². The second-order valence-electron chi connectivity index (χ2n) is 3.07. The van der Waals surface area contributed by atoms with Crippen molar-refractivity contribution in [2.45, 2.75) is 6.54 Å². The molecule has 4 heteroatoms. The average molecular weight is 206 g/mol. The number of phenols is 1. The average Bonchev–Trinajstić information content (AvgIpc) is 2.23. The summed E-state index contributed by atoms with van der Waals surface area (Å²) >= 11 is 0. The van der Waals surface area contributed by atoms with Crippen molar-refractivity contribution in [2.24, 2.45) is 0 Å². The molecule has 0 spiro atoms. The van der Waals surface area contributed by atoms with Gasteiger partial charge in [-0.3, -0.25) is 4.79 Å². The van der Waals surface area contributed by atoms with Gasteiger partial charge in [0, 0.05) is 17.8 Å². The van der Waals surface area contributed by atoms with Gasteiger partial charge >= 0.3 is 0 Å². The van der Waals surface area contributed by atoms with Crippen molar-refractivity contribution in [3.8, 4) is 5.75 Å². The summed E-state index contributed by atoms with van der Waals surface area (Å²) in [5, 5.41) is 15.0. The predicted octanol–water partition coefficient (Wildman–Crippen LogP) is 1.24. The zero-order chi connectivity index (χ0) is 11.3. The highest BCUT2D eigenvalue weighted by Gasteiger charge is 2.03. The van der Waals surface area contributed by atoms with Gasteiger partial charge < -0.3 is 15.7 Å². The molecule has 0 radical (unpaired) electrons. The monoisotopic (exact) mass is 206 g/mol. The Morgan fingerprint density at radius 2 is 2.33 bits per heavy atom. The lowest BCUT2D eigenvalue weighted by Crippen LogP contribution is -2.09. The highest BCUT2D eigenvalue weighted by Crippen LogP contribution is 2.21. The summed E-state index contributed by atoms with van der Waals surface area (Å²) in [6.07, 6.45) is 1.20. The van der Waals surface area contributed by atoms with Crippen LogP contribution in [0, 0.1) is 0 Å². The molecule has 1 rings (SSSR count). The van der Waals surface area contributed by atoms with Crippen molar-refractivity contribution in [1.29, 1.82) is 0 Å². The minimum absolute atomic E-state index is 0.209. The summed E-state index contributed by atoms with van der Waals surface area (Å²) < 4.78 is 0. The van der Waals surface area contributed by atoms with Gasteiger partial charge in [0.25, 0.3) is 0 Å². The van der Waals surface area contributed by atoms with Crippen LogP contribution in [0.1, 0.15) is 5.56 Å². The second-order valence-corrected chi connectivity index (χ2v) is 3.07. The lowest BCUT2D eigenvalue weighted by molar-refractivity contribution is -0.111. The van der Waals surface area contributed by atoms with Crippen LogP contribution in [-0.2, 0) is 11.3 Å². The molecule has 0 aromatic heterocycles. The number of aromatic hydroxyl groups is 1. The number of amides is 1. The normalized spacial score (nSPS) is 9.67. The van der Waals surface area contributed by atoms with Crippen LogP contribution >= 0.6 is 0 Å². The largest absolute Gasteiger partial charge is 0.508 e. The molecule has 0 unspecified atom stereocenters. The smallest absolute Gasteiger partial charge is 0.247 e. The zero-order valence-electron chi connectivity index (χ0n) is 8.58. The van der Waals surface area contributed by atoms with Gasteiger partial charge in [0.15, 0.2) is 0 Å². The van der Waals surface area contributed by atoms with Crippen molar-refractivity contribution in [2.75, 3.05) is 12.4 Å². The molecule has 4 nitrogen and oxygen atoms in total. The fraction of sp³-hybridized carbons (Fsp3) is 0.182. The van der Waals surface area contributed by atoms with E-state index < -0.39 is 0 Å². The number of hydrogen-bond acceptors (Lipinski definition) is 3. The molecule has 0 atom stereocenters. The van der Waals surface area contributed by atoms with E-state index in [2.05, 4.69) is 17.2 Å². The van der Waals surface area contributed by atoms with E-state index >= 15 is 0 Å². The van der Waals surface area contributed by atoms with Crippen LogP contribution in [0.5, 0.6) is 5.75 Å². The molecule has 0 aliphatic heterocycles. The maximum atomic E-state index is 11.0. The van der Waals surface area contributed by atoms with Gasteiger partial charge in [-0.15, -0.1) is 0 Å². The quantitative estimate of drug-likeness (QED) is 0.513. The fourth-order valence-corrected chi connectivity index (χ4v) is 1.19. The third-order valence-corrected chi connectivity index (χ3v) is 1.90. The summed E-state index contributed by atoms with van der Waals surface area (Å²) in [7, 11) is 1.79. The van der Waals surface area contributed by atoms with Crippen molar-refractivity contribution in [3.63, 3.8) is 0 Å². The molecule has 1 amide bonds. The molecule has 0 fully saturated rings. The second kappa shape index (κ2) is 5.17.